The molecule has 0 radical (unpaired) electrons. The van der Waals surface area contributed by atoms with Gasteiger partial charge in [0.25, 0.3) is 0 Å². The van der Waals surface area contributed by atoms with Crippen molar-refractivity contribution < 1.29 is 9.47 Å². The lowest BCUT2D eigenvalue weighted by Gasteiger charge is -2.08. The Morgan fingerprint density at radius 3 is 2.89 bits per heavy atom. The molecule has 7 heteroatoms. The van der Waals surface area contributed by atoms with Gasteiger partial charge in [-0.15, -0.1) is 5.10 Å². The molecule has 7 nitrogen and oxygen atoms in total. The highest BCUT2D eigenvalue weighted by atomic mass is 16.5. The van der Waals surface area contributed by atoms with Gasteiger partial charge in [-0.3, -0.25) is 0 Å². The highest BCUT2D eigenvalue weighted by Crippen LogP contribution is 2.27. The second kappa shape index (κ2) is 5.46. The molecule has 0 saturated heterocycles. The van der Waals surface area contributed by atoms with Crippen LogP contribution in [0.4, 0.5) is 5.69 Å². The van der Waals surface area contributed by atoms with E-state index in [-0.39, 0.29) is 0 Å². The van der Waals surface area contributed by atoms with Crippen molar-refractivity contribution in [1.82, 2.24) is 20.2 Å². The second-order valence-electron chi connectivity index (χ2n) is 3.67. The molecule has 0 aliphatic heterocycles. The van der Waals surface area contributed by atoms with E-state index in [9.17, 15) is 0 Å². The van der Waals surface area contributed by atoms with Crippen LogP contribution >= 0.6 is 0 Å². The summed E-state index contributed by atoms with van der Waals surface area (Å²) >= 11 is 0. The minimum atomic E-state index is 0.530. The molecule has 0 bridgehead atoms. The zero-order valence-corrected chi connectivity index (χ0v) is 10.3. The number of methoxy groups -OCH3 is 2. The number of anilines is 1. The van der Waals surface area contributed by atoms with Gasteiger partial charge in [-0.05, 0) is 28.6 Å². The fourth-order valence-corrected chi connectivity index (χ4v) is 1.58. The van der Waals surface area contributed by atoms with Gasteiger partial charge in [0.1, 0.15) is 5.75 Å². The van der Waals surface area contributed by atoms with E-state index in [0.717, 1.165) is 5.56 Å². The van der Waals surface area contributed by atoms with Crippen molar-refractivity contribution in [3.05, 3.63) is 18.2 Å². The maximum absolute atomic E-state index is 5.94. The van der Waals surface area contributed by atoms with Crippen LogP contribution in [-0.4, -0.2) is 41.0 Å². The number of aromatic nitrogens is 4. The maximum atomic E-state index is 5.94. The van der Waals surface area contributed by atoms with Crippen molar-refractivity contribution in [2.24, 2.45) is 0 Å². The third-order valence-electron chi connectivity index (χ3n) is 2.54. The summed E-state index contributed by atoms with van der Waals surface area (Å²) < 4.78 is 11.8. The van der Waals surface area contributed by atoms with Gasteiger partial charge in [0.05, 0.1) is 20.3 Å². The van der Waals surface area contributed by atoms with E-state index in [1.54, 1.807) is 31.0 Å². The monoisotopic (exact) mass is 249 g/mol. The van der Waals surface area contributed by atoms with Crippen LogP contribution in [-0.2, 0) is 11.3 Å². The van der Waals surface area contributed by atoms with Crippen molar-refractivity contribution in [2.45, 2.75) is 6.54 Å². The van der Waals surface area contributed by atoms with E-state index in [2.05, 4.69) is 15.5 Å². The fourth-order valence-electron chi connectivity index (χ4n) is 1.58. The molecule has 0 fully saturated rings. The summed E-state index contributed by atoms with van der Waals surface area (Å²) in [5, 5.41) is 11.6. The van der Waals surface area contributed by atoms with Crippen molar-refractivity contribution in [3.63, 3.8) is 0 Å². The molecular weight excluding hydrogens is 234 g/mol. The van der Waals surface area contributed by atoms with Gasteiger partial charge in [0.2, 0.25) is 0 Å². The first-order chi connectivity index (χ1) is 8.76. The molecule has 0 aliphatic rings. The third-order valence-corrected chi connectivity index (χ3v) is 2.54. The van der Waals surface area contributed by atoms with E-state index in [4.69, 9.17) is 15.2 Å². The van der Waals surface area contributed by atoms with E-state index in [0.29, 0.717) is 30.4 Å². The number of nitrogens with two attached hydrogens (primary N) is 1. The van der Waals surface area contributed by atoms with Crippen molar-refractivity contribution >= 4 is 5.69 Å². The molecule has 0 saturated carbocycles. The summed E-state index contributed by atoms with van der Waals surface area (Å²) in [5.74, 6) is 1.31. The SMILES string of the molecule is COCCn1nnnc1-c1cc(OC)ccc1N. The fraction of sp³-hybridized carbons (Fsp3) is 0.364. The minimum absolute atomic E-state index is 0.530. The molecule has 0 spiro atoms. The Kier molecular flexibility index (Phi) is 3.73. The van der Waals surface area contributed by atoms with E-state index in [1.807, 2.05) is 6.07 Å². The Bertz CT molecular complexity index is 526. The predicted molar refractivity (Wildman–Crippen MR) is 66.1 cm³/mol. The van der Waals surface area contributed by atoms with Crippen LogP contribution in [0.3, 0.4) is 0 Å². The molecule has 0 amide bonds. The number of ether oxygens (including phenoxy) is 2. The molecular formula is C11H15N5O2. The standard InChI is InChI=1S/C11H15N5O2/c1-17-6-5-16-11(13-14-15-16)9-7-8(18-2)3-4-10(9)12/h3-4,7H,5-6,12H2,1-2H3. The highest BCUT2D eigenvalue weighted by molar-refractivity contribution is 5.72. The Morgan fingerprint density at radius 2 is 2.17 bits per heavy atom. The number of rotatable bonds is 5. The number of nitrogens with zero attached hydrogens (tertiary/aromatic N) is 4. The lowest BCUT2D eigenvalue weighted by molar-refractivity contribution is 0.183. The molecule has 1 aromatic carbocycles. The van der Waals surface area contributed by atoms with Crippen LogP contribution in [0.15, 0.2) is 18.2 Å². The quantitative estimate of drug-likeness (QED) is 0.780. The lowest BCUT2D eigenvalue weighted by atomic mass is 10.1. The van der Waals surface area contributed by atoms with Crippen LogP contribution in [0.2, 0.25) is 0 Å². The highest BCUT2D eigenvalue weighted by Gasteiger charge is 2.12. The average molecular weight is 249 g/mol. The van der Waals surface area contributed by atoms with Gasteiger partial charge in [-0.2, -0.15) is 0 Å². The molecule has 0 unspecified atom stereocenters. The second-order valence-corrected chi connectivity index (χ2v) is 3.67. The summed E-state index contributed by atoms with van der Waals surface area (Å²) in [7, 11) is 3.23. The number of nitrogen functional groups attached to an aromatic ring is 1. The Morgan fingerprint density at radius 1 is 1.33 bits per heavy atom. The number of benzene rings is 1. The number of hydrogen-bond acceptors (Lipinski definition) is 6. The minimum Gasteiger partial charge on any atom is -0.497 e. The molecule has 0 aliphatic carbocycles. The van der Waals surface area contributed by atoms with Gasteiger partial charge in [0, 0.05) is 18.4 Å². The van der Waals surface area contributed by atoms with Gasteiger partial charge in [-0.1, -0.05) is 0 Å². The number of tetrazole rings is 1. The van der Waals surface area contributed by atoms with Crippen LogP contribution < -0.4 is 10.5 Å². The molecule has 0 atom stereocenters. The first-order valence-electron chi connectivity index (χ1n) is 5.45. The third kappa shape index (κ3) is 2.40. The van der Waals surface area contributed by atoms with Gasteiger partial charge < -0.3 is 15.2 Å². The Labute approximate surface area is 104 Å². The van der Waals surface area contributed by atoms with E-state index >= 15 is 0 Å². The smallest absolute Gasteiger partial charge is 0.184 e. The molecule has 2 N–H and O–H groups in total. The summed E-state index contributed by atoms with van der Waals surface area (Å²) in [5.41, 5.74) is 7.28. The first-order valence-corrected chi connectivity index (χ1v) is 5.45. The van der Waals surface area contributed by atoms with Crippen molar-refractivity contribution in [1.29, 1.82) is 0 Å². The van der Waals surface area contributed by atoms with Crippen LogP contribution in [0.5, 0.6) is 5.75 Å². The maximum Gasteiger partial charge on any atom is 0.184 e. The lowest BCUT2D eigenvalue weighted by Crippen LogP contribution is -2.08. The molecule has 18 heavy (non-hydrogen) atoms. The van der Waals surface area contributed by atoms with Crippen LogP contribution in [0, 0.1) is 0 Å². The van der Waals surface area contributed by atoms with Crippen molar-refractivity contribution in [3.8, 4) is 17.1 Å². The van der Waals surface area contributed by atoms with Crippen LogP contribution in [0.1, 0.15) is 0 Å². The normalized spacial score (nSPS) is 10.6. The first kappa shape index (κ1) is 12.3. The number of hydrogen-bond donors (Lipinski definition) is 1. The molecule has 2 aromatic rings. The topological polar surface area (TPSA) is 88.1 Å². The molecule has 1 aromatic heterocycles. The summed E-state index contributed by atoms with van der Waals surface area (Å²) in [6.45, 7) is 1.09. The largest absolute Gasteiger partial charge is 0.497 e. The summed E-state index contributed by atoms with van der Waals surface area (Å²) in [4.78, 5) is 0. The molecule has 2 rings (SSSR count). The predicted octanol–water partition coefficient (Wildman–Crippen LogP) is 0.577. The van der Waals surface area contributed by atoms with Crippen molar-refractivity contribution in [2.75, 3.05) is 26.6 Å². The Hall–Kier alpha value is -2.15. The summed E-state index contributed by atoms with van der Waals surface area (Å²) in [6.07, 6.45) is 0. The average Bonchev–Trinajstić information content (AvgIpc) is 2.85. The van der Waals surface area contributed by atoms with Gasteiger partial charge >= 0.3 is 0 Å². The Balaban J connectivity index is 2.38. The zero-order valence-electron chi connectivity index (χ0n) is 10.3. The van der Waals surface area contributed by atoms with Gasteiger partial charge in [0.15, 0.2) is 5.82 Å². The van der Waals surface area contributed by atoms with E-state index < -0.39 is 0 Å². The van der Waals surface area contributed by atoms with E-state index in [1.165, 1.54) is 0 Å². The molecule has 96 valence electrons. The molecule has 1 heterocycles. The van der Waals surface area contributed by atoms with Gasteiger partial charge in [-0.25, -0.2) is 4.68 Å². The van der Waals surface area contributed by atoms with Crippen LogP contribution in [0.25, 0.3) is 11.4 Å². The zero-order chi connectivity index (χ0) is 13.0. The summed E-state index contributed by atoms with van der Waals surface area (Å²) in [6, 6.07) is 5.37.